The predicted octanol–water partition coefficient (Wildman–Crippen LogP) is 6.04. The third-order valence-electron chi connectivity index (χ3n) is 6.90. The Labute approximate surface area is 253 Å². The van der Waals surface area contributed by atoms with Crippen molar-refractivity contribution in [1.82, 2.24) is 0 Å². The van der Waals surface area contributed by atoms with E-state index in [1.165, 1.54) is 0 Å². The summed E-state index contributed by atoms with van der Waals surface area (Å²) < 4.78 is 30.2. The number of rotatable bonds is 18. The van der Waals surface area contributed by atoms with Crippen LogP contribution in [0, 0.1) is 0 Å². The van der Waals surface area contributed by atoms with Gasteiger partial charge >= 0.3 is 0 Å². The lowest BCUT2D eigenvalue weighted by Crippen LogP contribution is -2.57. The standard InChI is InChI=1S/C36H38O7/c1-3-33(40-23-28-13-7-4-8-14-28)34(41-24-29-15-9-5-10-16-29)35(42-25-30-17-11-6-12-18-30)36(38,27-37)43-26-31-19-21-32(39-2)22-20-31/h3-22,27,33-35,38H,1,23-26H2,2H3/t33-,34+,35-,36+/m1/s1. The van der Waals surface area contributed by atoms with Crippen LogP contribution in [0.15, 0.2) is 128 Å². The van der Waals surface area contributed by atoms with E-state index in [-0.39, 0.29) is 26.4 Å². The molecular formula is C36H38O7. The molecule has 0 aromatic heterocycles. The molecule has 0 amide bonds. The van der Waals surface area contributed by atoms with Crippen LogP contribution in [0.25, 0.3) is 0 Å². The molecule has 0 aliphatic rings. The van der Waals surface area contributed by atoms with Crippen molar-refractivity contribution in [2.75, 3.05) is 7.11 Å². The summed E-state index contributed by atoms with van der Waals surface area (Å²) in [4.78, 5) is 12.7. The molecule has 4 aromatic carbocycles. The van der Waals surface area contributed by atoms with Gasteiger partial charge < -0.3 is 28.8 Å². The number of carbonyl (C=O) groups is 1. The van der Waals surface area contributed by atoms with E-state index in [1.54, 1.807) is 37.5 Å². The van der Waals surface area contributed by atoms with Crippen LogP contribution in [0.2, 0.25) is 0 Å². The monoisotopic (exact) mass is 582 g/mol. The van der Waals surface area contributed by atoms with Crippen LogP contribution in [0.4, 0.5) is 0 Å². The number of methoxy groups -OCH3 is 1. The molecule has 43 heavy (non-hydrogen) atoms. The summed E-state index contributed by atoms with van der Waals surface area (Å²) in [6, 6.07) is 35.9. The molecule has 1 N–H and O–H groups in total. The normalized spacial score (nSPS) is 14.7. The Morgan fingerprint density at radius 3 is 1.60 bits per heavy atom. The maximum absolute atomic E-state index is 12.7. The molecule has 0 heterocycles. The molecule has 0 saturated heterocycles. The first-order chi connectivity index (χ1) is 21.0. The molecule has 0 spiro atoms. The van der Waals surface area contributed by atoms with E-state index in [4.69, 9.17) is 23.7 Å². The van der Waals surface area contributed by atoms with Crippen molar-refractivity contribution in [3.63, 3.8) is 0 Å². The molecule has 224 valence electrons. The van der Waals surface area contributed by atoms with E-state index in [1.807, 2.05) is 91.0 Å². The highest BCUT2D eigenvalue weighted by atomic mass is 16.7. The van der Waals surface area contributed by atoms with Crippen LogP contribution in [0.1, 0.15) is 22.3 Å². The minimum atomic E-state index is -2.40. The van der Waals surface area contributed by atoms with Crippen LogP contribution < -0.4 is 4.74 Å². The third-order valence-corrected chi connectivity index (χ3v) is 6.90. The number of aliphatic hydroxyl groups is 1. The Morgan fingerprint density at radius 2 is 1.14 bits per heavy atom. The minimum Gasteiger partial charge on any atom is -0.497 e. The van der Waals surface area contributed by atoms with E-state index >= 15 is 0 Å². The molecular weight excluding hydrogens is 544 g/mol. The smallest absolute Gasteiger partial charge is 0.253 e. The molecule has 7 nitrogen and oxygen atoms in total. The van der Waals surface area contributed by atoms with E-state index in [2.05, 4.69) is 6.58 Å². The van der Waals surface area contributed by atoms with Gasteiger partial charge in [-0.25, -0.2) is 0 Å². The zero-order valence-corrected chi connectivity index (χ0v) is 24.3. The molecule has 7 heteroatoms. The van der Waals surface area contributed by atoms with Crippen molar-refractivity contribution in [2.45, 2.75) is 50.5 Å². The Kier molecular flexibility index (Phi) is 12.2. The number of hydrogen-bond donors (Lipinski definition) is 1. The topological polar surface area (TPSA) is 83.5 Å². The Morgan fingerprint density at radius 1 is 0.674 bits per heavy atom. The van der Waals surface area contributed by atoms with Crippen LogP contribution >= 0.6 is 0 Å². The predicted molar refractivity (Wildman–Crippen MR) is 164 cm³/mol. The molecule has 4 aromatic rings. The summed E-state index contributed by atoms with van der Waals surface area (Å²) in [5, 5.41) is 11.8. The van der Waals surface area contributed by atoms with Crippen LogP contribution in [0.5, 0.6) is 5.75 Å². The summed E-state index contributed by atoms with van der Waals surface area (Å²) in [7, 11) is 1.58. The highest BCUT2D eigenvalue weighted by Crippen LogP contribution is 2.28. The fraction of sp³-hybridized carbons (Fsp3) is 0.250. The summed E-state index contributed by atoms with van der Waals surface area (Å²) in [5.74, 6) is -1.72. The maximum atomic E-state index is 12.7. The van der Waals surface area contributed by atoms with Crippen molar-refractivity contribution >= 4 is 6.29 Å². The number of benzene rings is 4. The zero-order chi connectivity index (χ0) is 30.3. The van der Waals surface area contributed by atoms with Crippen molar-refractivity contribution < 1.29 is 33.6 Å². The van der Waals surface area contributed by atoms with Gasteiger partial charge in [-0.2, -0.15) is 0 Å². The highest BCUT2D eigenvalue weighted by molar-refractivity contribution is 5.61. The lowest BCUT2D eigenvalue weighted by Gasteiger charge is -2.39. The van der Waals surface area contributed by atoms with Gasteiger partial charge in [0, 0.05) is 0 Å². The van der Waals surface area contributed by atoms with Crippen molar-refractivity contribution in [3.05, 3.63) is 150 Å². The second-order valence-electron chi connectivity index (χ2n) is 9.98. The molecule has 0 saturated carbocycles. The lowest BCUT2D eigenvalue weighted by atomic mass is 9.99. The summed E-state index contributed by atoms with van der Waals surface area (Å²) in [5.41, 5.74) is 3.41. The zero-order valence-electron chi connectivity index (χ0n) is 24.3. The fourth-order valence-corrected chi connectivity index (χ4v) is 4.50. The van der Waals surface area contributed by atoms with Crippen molar-refractivity contribution in [2.24, 2.45) is 0 Å². The quantitative estimate of drug-likeness (QED) is 0.0870. The Hall–Kier alpha value is -4.11. The maximum Gasteiger partial charge on any atom is 0.253 e. The number of carbonyl (C=O) groups excluding carboxylic acids is 1. The van der Waals surface area contributed by atoms with Gasteiger partial charge in [0.2, 0.25) is 0 Å². The lowest BCUT2D eigenvalue weighted by molar-refractivity contribution is -0.283. The molecule has 0 bridgehead atoms. The van der Waals surface area contributed by atoms with Gasteiger partial charge in [0.25, 0.3) is 5.79 Å². The SMILES string of the molecule is C=C[C@@H](OCc1ccccc1)[C@H](OCc1ccccc1)[C@@H](OCc1ccccc1)[C@](O)(C=O)OCc1ccc(OC)cc1. The van der Waals surface area contributed by atoms with Crippen molar-refractivity contribution in [3.8, 4) is 5.75 Å². The second kappa shape index (κ2) is 16.5. The molecule has 0 radical (unpaired) electrons. The van der Waals surface area contributed by atoms with Gasteiger partial charge in [0.1, 0.15) is 24.1 Å². The Balaban J connectivity index is 1.65. The first-order valence-corrected chi connectivity index (χ1v) is 14.1. The summed E-state index contributed by atoms with van der Waals surface area (Å²) >= 11 is 0. The van der Waals surface area contributed by atoms with Crippen LogP contribution in [0.3, 0.4) is 0 Å². The van der Waals surface area contributed by atoms with E-state index in [9.17, 15) is 9.90 Å². The van der Waals surface area contributed by atoms with Gasteiger partial charge in [-0.1, -0.05) is 109 Å². The van der Waals surface area contributed by atoms with Crippen molar-refractivity contribution in [1.29, 1.82) is 0 Å². The molecule has 0 fully saturated rings. The van der Waals surface area contributed by atoms with Gasteiger partial charge in [-0.15, -0.1) is 6.58 Å². The average molecular weight is 583 g/mol. The summed E-state index contributed by atoms with van der Waals surface area (Å²) in [6.07, 6.45) is -1.13. The van der Waals surface area contributed by atoms with E-state index < -0.39 is 24.1 Å². The second-order valence-corrected chi connectivity index (χ2v) is 9.98. The average Bonchev–Trinajstić information content (AvgIpc) is 3.07. The van der Waals surface area contributed by atoms with Gasteiger partial charge in [-0.3, -0.25) is 4.79 Å². The first-order valence-electron chi connectivity index (χ1n) is 14.1. The number of aldehydes is 1. The third kappa shape index (κ3) is 9.44. The number of hydrogen-bond acceptors (Lipinski definition) is 7. The van der Waals surface area contributed by atoms with Gasteiger partial charge in [0.15, 0.2) is 6.29 Å². The molecule has 4 rings (SSSR count). The van der Waals surface area contributed by atoms with E-state index in [0.717, 1.165) is 22.3 Å². The van der Waals surface area contributed by atoms with Crippen LogP contribution in [-0.4, -0.2) is 42.6 Å². The van der Waals surface area contributed by atoms with Gasteiger partial charge in [0.05, 0.1) is 33.5 Å². The van der Waals surface area contributed by atoms with Gasteiger partial charge in [-0.05, 0) is 34.4 Å². The molecule has 4 atom stereocenters. The largest absolute Gasteiger partial charge is 0.497 e. The minimum absolute atomic E-state index is 0.0700. The fourth-order valence-electron chi connectivity index (χ4n) is 4.50. The Bertz CT molecular complexity index is 1360. The van der Waals surface area contributed by atoms with E-state index in [0.29, 0.717) is 12.0 Å². The first kappa shape index (κ1) is 31.8. The highest BCUT2D eigenvalue weighted by Gasteiger charge is 2.47. The van der Waals surface area contributed by atoms with Crippen LogP contribution in [-0.2, 0) is 50.2 Å². The summed E-state index contributed by atoms with van der Waals surface area (Å²) in [6.45, 7) is 4.42. The molecule has 0 aliphatic heterocycles. The molecule has 0 unspecified atom stereocenters. The molecule has 0 aliphatic carbocycles. The number of ether oxygens (including phenoxy) is 5.